The maximum atomic E-state index is 13.5. The Morgan fingerprint density at radius 2 is 1.63 bits per heavy atom. The number of imide groups is 1. The molecule has 0 aliphatic carbocycles. The highest BCUT2D eigenvalue weighted by atomic mass is 32.2. The fourth-order valence-corrected chi connectivity index (χ4v) is 4.72. The van der Waals surface area contributed by atoms with E-state index in [4.69, 9.17) is 9.47 Å². The van der Waals surface area contributed by atoms with Crippen LogP contribution in [0, 0.1) is 13.8 Å². The number of carbonyl (C=O) groups excluding carboxylic acids is 2. The van der Waals surface area contributed by atoms with Crippen LogP contribution in [0.15, 0.2) is 70.4 Å². The normalized spacial score (nSPS) is 13.4. The molecular formula is C26H26N4O4S. The van der Waals surface area contributed by atoms with Crippen LogP contribution in [0.3, 0.4) is 0 Å². The number of aromatic nitrogens is 2. The third-order valence-corrected chi connectivity index (χ3v) is 6.36. The monoisotopic (exact) mass is 490 g/mol. The van der Waals surface area contributed by atoms with Crippen LogP contribution in [-0.2, 0) is 16.0 Å². The summed E-state index contributed by atoms with van der Waals surface area (Å²) in [5.41, 5.74) is 3.26. The van der Waals surface area contributed by atoms with E-state index in [0.717, 1.165) is 28.7 Å². The molecule has 2 aromatic carbocycles. The maximum absolute atomic E-state index is 13.5. The van der Waals surface area contributed by atoms with E-state index in [9.17, 15) is 9.59 Å². The number of aryl methyl sites for hydroxylation is 2. The Morgan fingerprint density at radius 1 is 0.914 bits per heavy atom. The molecule has 1 N–H and O–H groups in total. The molecule has 8 nitrogen and oxygen atoms in total. The number of nitrogens with zero attached hydrogens (tertiary/aromatic N) is 3. The first-order valence-electron chi connectivity index (χ1n) is 11.0. The van der Waals surface area contributed by atoms with Crippen LogP contribution in [0.2, 0.25) is 0 Å². The summed E-state index contributed by atoms with van der Waals surface area (Å²) in [4.78, 5) is 37.3. The molecule has 1 aliphatic rings. The number of anilines is 1. The lowest BCUT2D eigenvalue weighted by Gasteiger charge is -2.16. The molecule has 0 atom stereocenters. The van der Waals surface area contributed by atoms with Crippen LogP contribution in [-0.4, -0.2) is 47.4 Å². The Kier molecular flexibility index (Phi) is 7.36. The van der Waals surface area contributed by atoms with Crippen molar-refractivity contribution in [2.45, 2.75) is 25.4 Å². The van der Waals surface area contributed by atoms with E-state index in [-0.39, 0.29) is 23.1 Å². The van der Waals surface area contributed by atoms with E-state index < -0.39 is 5.91 Å². The molecule has 1 aliphatic heterocycles. The number of carbonyl (C=O) groups is 2. The van der Waals surface area contributed by atoms with Crippen molar-refractivity contribution in [1.29, 1.82) is 0 Å². The molecular weight excluding hydrogens is 464 g/mol. The van der Waals surface area contributed by atoms with Crippen molar-refractivity contribution in [2.24, 2.45) is 0 Å². The molecule has 0 radical (unpaired) electrons. The zero-order valence-electron chi connectivity index (χ0n) is 20.0. The number of rotatable bonds is 9. The zero-order valence-corrected chi connectivity index (χ0v) is 20.8. The second kappa shape index (κ2) is 10.6. The van der Waals surface area contributed by atoms with E-state index in [1.165, 1.54) is 12.0 Å². The van der Waals surface area contributed by atoms with Gasteiger partial charge in [-0.3, -0.25) is 14.5 Å². The molecule has 3 aromatic rings. The van der Waals surface area contributed by atoms with Crippen molar-refractivity contribution in [1.82, 2.24) is 14.9 Å². The minimum absolute atomic E-state index is 0.155. The fraction of sp³-hybridized carbons (Fsp3) is 0.231. The van der Waals surface area contributed by atoms with Crippen LogP contribution in [0.25, 0.3) is 0 Å². The lowest BCUT2D eigenvalue weighted by atomic mass is 10.1. The van der Waals surface area contributed by atoms with E-state index >= 15 is 0 Å². The number of nitrogens with one attached hydrogen (secondary N) is 1. The third-order valence-electron chi connectivity index (χ3n) is 5.41. The topological polar surface area (TPSA) is 93.7 Å². The van der Waals surface area contributed by atoms with Gasteiger partial charge in [-0.15, -0.1) is 0 Å². The van der Waals surface area contributed by atoms with Gasteiger partial charge in [0.2, 0.25) is 0 Å². The molecule has 0 bridgehead atoms. The van der Waals surface area contributed by atoms with E-state index in [0.29, 0.717) is 28.8 Å². The number of thioether (sulfide) groups is 1. The number of hydrogen-bond donors (Lipinski definition) is 1. The van der Waals surface area contributed by atoms with E-state index in [2.05, 4.69) is 15.3 Å². The smallest absolute Gasteiger partial charge is 0.278 e. The van der Waals surface area contributed by atoms with Gasteiger partial charge in [0.05, 0.1) is 19.9 Å². The number of benzene rings is 2. The van der Waals surface area contributed by atoms with Crippen molar-refractivity contribution < 1.29 is 19.1 Å². The predicted octanol–water partition coefficient (Wildman–Crippen LogP) is 4.14. The summed E-state index contributed by atoms with van der Waals surface area (Å²) in [6.45, 7) is 3.97. The second-order valence-corrected chi connectivity index (χ2v) is 8.91. The van der Waals surface area contributed by atoms with Crippen LogP contribution >= 0.6 is 11.8 Å². The SMILES string of the molecule is COc1ccc(OC)c(NC2=C(Sc3nc(C)cc(C)n3)C(=O)N(CCc3ccccc3)C2=O)c1. The standard InChI is InChI=1S/C26H26N4O4S/c1-16-14-17(2)28-26(27-16)35-23-22(29-20-15-19(33-3)10-11-21(20)34-4)24(31)30(25(23)32)13-12-18-8-6-5-7-9-18/h5-11,14-15,29H,12-13H2,1-4H3. The highest BCUT2D eigenvalue weighted by Crippen LogP contribution is 2.37. The lowest BCUT2D eigenvalue weighted by Crippen LogP contribution is -2.34. The summed E-state index contributed by atoms with van der Waals surface area (Å²) in [7, 11) is 3.09. The largest absolute Gasteiger partial charge is 0.497 e. The number of ether oxygens (including phenoxy) is 2. The van der Waals surface area contributed by atoms with Gasteiger partial charge in [-0.05, 0) is 55.8 Å². The first kappa shape index (κ1) is 24.3. The van der Waals surface area contributed by atoms with Gasteiger partial charge in [0, 0.05) is 24.0 Å². The van der Waals surface area contributed by atoms with Gasteiger partial charge < -0.3 is 14.8 Å². The molecule has 180 valence electrons. The van der Waals surface area contributed by atoms with Crippen molar-refractivity contribution >= 4 is 29.3 Å². The summed E-state index contributed by atoms with van der Waals surface area (Å²) in [5, 5.41) is 3.53. The highest BCUT2D eigenvalue weighted by Gasteiger charge is 2.39. The highest BCUT2D eigenvalue weighted by molar-refractivity contribution is 8.04. The number of methoxy groups -OCH3 is 2. The summed E-state index contributed by atoms with van der Waals surface area (Å²) in [6.07, 6.45) is 0.548. The van der Waals surface area contributed by atoms with Gasteiger partial charge in [0.25, 0.3) is 11.8 Å². The summed E-state index contributed by atoms with van der Waals surface area (Å²) >= 11 is 1.08. The Balaban J connectivity index is 1.69. The van der Waals surface area contributed by atoms with Gasteiger partial charge in [-0.2, -0.15) is 0 Å². The molecule has 0 saturated carbocycles. The first-order chi connectivity index (χ1) is 16.9. The molecule has 2 amide bonds. The van der Waals surface area contributed by atoms with Crippen LogP contribution in [0.5, 0.6) is 11.5 Å². The maximum Gasteiger partial charge on any atom is 0.278 e. The average molecular weight is 491 g/mol. The lowest BCUT2D eigenvalue weighted by molar-refractivity contribution is -0.137. The Morgan fingerprint density at radius 3 is 2.29 bits per heavy atom. The van der Waals surface area contributed by atoms with Gasteiger partial charge >= 0.3 is 0 Å². The molecule has 4 rings (SSSR count). The van der Waals surface area contributed by atoms with Gasteiger partial charge in [0.1, 0.15) is 22.1 Å². The van der Waals surface area contributed by atoms with Crippen molar-refractivity contribution in [3.05, 3.63) is 82.2 Å². The van der Waals surface area contributed by atoms with Crippen LogP contribution < -0.4 is 14.8 Å². The molecule has 0 unspecified atom stereocenters. The van der Waals surface area contributed by atoms with Crippen molar-refractivity contribution in [2.75, 3.05) is 26.1 Å². The fourth-order valence-electron chi connectivity index (χ4n) is 3.72. The minimum atomic E-state index is -0.414. The van der Waals surface area contributed by atoms with E-state index in [1.807, 2.05) is 50.2 Å². The summed E-state index contributed by atoms with van der Waals surface area (Å²) in [5.74, 6) is 0.289. The molecule has 0 spiro atoms. The Labute approximate surface area is 208 Å². The van der Waals surface area contributed by atoms with Crippen molar-refractivity contribution in [3.8, 4) is 11.5 Å². The quantitative estimate of drug-likeness (QED) is 0.353. The van der Waals surface area contributed by atoms with Gasteiger partial charge in [-0.1, -0.05) is 30.3 Å². The van der Waals surface area contributed by atoms with E-state index in [1.54, 1.807) is 25.3 Å². The second-order valence-electron chi connectivity index (χ2n) is 7.93. The van der Waals surface area contributed by atoms with Crippen LogP contribution in [0.4, 0.5) is 5.69 Å². The summed E-state index contributed by atoms with van der Waals surface area (Å²) in [6, 6.07) is 16.8. The van der Waals surface area contributed by atoms with Crippen LogP contribution in [0.1, 0.15) is 17.0 Å². The first-order valence-corrected chi connectivity index (χ1v) is 11.8. The zero-order chi connectivity index (χ0) is 24.9. The Hall–Kier alpha value is -3.85. The molecule has 35 heavy (non-hydrogen) atoms. The predicted molar refractivity (Wildman–Crippen MR) is 134 cm³/mol. The minimum Gasteiger partial charge on any atom is -0.497 e. The molecule has 2 heterocycles. The van der Waals surface area contributed by atoms with Gasteiger partial charge in [0.15, 0.2) is 5.16 Å². The number of hydrogen-bond acceptors (Lipinski definition) is 8. The van der Waals surface area contributed by atoms with Crippen molar-refractivity contribution in [3.63, 3.8) is 0 Å². The van der Waals surface area contributed by atoms with Gasteiger partial charge in [-0.25, -0.2) is 9.97 Å². The molecule has 0 saturated heterocycles. The molecule has 9 heteroatoms. The third kappa shape index (κ3) is 5.46. The number of amides is 2. The average Bonchev–Trinajstić information content (AvgIpc) is 3.06. The Bertz CT molecular complexity index is 1270. The molecule has 1 aromatic heterocycles. The molecule has 0 fully saturated rings. The summed E-state index contributed by atoms with van der Waals surface area (Å²) < 4.78 is 10.8.